The van der Waals surface area contributed by atoms with Crippen molar-refractivity contribution in [3.8, 4) is 0 Å². The maximum absolute atomic E-state index is 11.3. The van der Waals surface area contributed by atoms with Gasteiger partial charge in [0.15, 0.2) is 0 Å². The van der Waals surface area contributed by atoms with Gasteiger partial charge < -0.3 is 10.5 Å². The Morgan fingerprint density at radius 2 is 1.80 bits per heavy atom. The van der Waals surface area contributed by atoms with Gasteiger partial charge in [0.1, 0.15) is 6.04 Å². The molecule has 0 spiro atoms. The molecule has 1 unspecified atom stereocenters. The molecule has 4 nitrogen and oxygen atoms in total. The summed E-state index contributed by atoms with van der Waals surface area (Å²) < 4.78 is 4.46. The number of nitrogens with two attached hydrogens (primary N) is 1. The predicted molar refractivity (Wildman–Crippen MR) is 52.7 cm³/mol. The second-order valence-electron chi connectivity index (χ2n) is 3.56. The number of hydrogen-bond acceptors (Lipinski definition) is 4. The molecule has 1 saturated heterocycles. The van der Waals surface area contributed by atoms with Crippen molar-refractivity contribution < 1.29 is 14.3 Å². The molecular weight excluding hydrogens is 194 g/mol. The zero-order valence-electron chi connectivity index (χ0n) is 8.05. The van der Waals surface area contributed by atoms with Gasteiger partial charge in [-0.25, -0.2) is 4.79 Å². The number of carbonyl (C=O) groups excluding carboxylic acids is 2. The molecule has 1 aromatic rings. The van der Waals surface area contributed by atoms with Crippen molar-refractivity contribution in [2.24, 2.45) is 11.7 Å². The smallest absolute Gasteiger partial charge is 0.331 e. The summed E-state index contributed by atoms with van der Waals surface area (Å²) in [5.74, 6) is -1.68. The molecule has 0 aromatic heterocycles. The molecule has 0 amide bonds. The number of ether oxygens (including phenoxy) is 1. The third kappa shape index (κ3) is 1.89. The number of esters is 2. The van der Waals surface area contributed by atoms with E-state index in [-0.39, 0.29) is 0 Å². The summed E-state index contributed by atoms with van der Waals surface area (Å²) in [6.07, 6.45) is 0.451. The second kappa shape index (κ2) is 3.82. The first kappa shape index (κ1) is 9.86. The van der Waals surface area contributed by atoms with Crippen molar-refractivity contribution in [1.29, 1.82) is 0 Å². The lowest BCUT2D eigenvalue weighted by Gasteiger charge is -2.08. The highest BCUT2D eigenvalue weighted by atomic mass is 16.6. The Bertz CT molecular complexity index is 388. The summed E-state index contributed by atoms with van der Waals surface area (Å²) >= 11 is 0. The molecule has 2 atom stereocenters. The molecule has 1 fully saturated rings. The van der Waals surface area contributed by atoms with Crippen molar-refractivity contribution in [1.82, 2.24) is 0 Å². The summed E-state index contributed by atoms with van der Waals surface area (Å²) in [6.45, 7) is 0. The van der Waals surface area contributed by atoms with Gasteiger partial charge in [-0.3, -0.25) is 4.79 Å². The molecule has 1 aliphatic heterocycles. The first-order valence-electron chi connectivity index (χ1n) is 4.73. The molecule has 2 rings (SSSR count). The van der Waals surface area contributed by atoms with E-state index in [1.54, 1.807) is 0 Å². The van der Waals surface area contributed by atoms with Crippen molar-refractivity contribution in [2.45, 2.75) is 12.5 Å². The third-order valence-electron chi connectivity index (χ3n) is 2.51. The van der Waals surface area contributed by atoms with Crippen LogP contribution in [-0.2, 0) is 20.7 Å². The molecule has 4 heteroatoms. The molecule has 1 heterocycles. The van der Waals surface area contributed by atoms with E-state index < -0.39 is 23.9 Å². The minimum Gasteiger partial charge on any atom is -0.392 e. The van der Waals surface area contributed by atoms with Crippen LogP contribution in [0.25, 0.3) is 0 Å². The van der Waals surface area contributed by atoms with Crippen LogP contribution < -0.4 is 5.73 Å². The Morgan fingerprint density at radius 3 is 2.33 bits per heavy atom. The molecule has 2 N–H and O–H groups in total. The lowest BCUT2D eigenvalue weighted by atomic mass is 9.95. The van der Waals surface area contributed by atoms with E-state index in [0.29, 0.717) is 6.42 Å². The van der Waals surface area contributed by atoms with Gasteiger partial charge in [0, 0.05) is 0 Å². The number of carbonyl (C=O) groups is 2. The minimum absolute atomic E-state index is 0.451. The van der Waals surface area contributed by atoms with Gasteiger partial charge in [0.05, 0.1) is 5.92 Å². The fourth-order valence-corrected chi connectivity index (χ4v) is 1.63. The Labute approximate surface area is 87.0 Å². The van der Waals surface area contributed by atoms with Crippen LogP contribution in [0.1, 0.15) is 5.56 Å². The fourth-order valence-electron chi connectivity index (χ4n) is 1.63. The van der Waals surface area contributed by atoms with Gasteiger partial charge in [0.2, 0.25) is 0 Å². The lowest BCUT2D eigenvalue weighted by molar-refractivity contribution is -0.153. The van der Waals surface area contributed by atoms with Crippen LogP contribution in [0, 0.1) is 5.92 Å². The van der Waals surface area contributed by atoms with Gasteiger partial charge in [-0.15, -0.1) is 0 Å². The molecule has 78 valence electrons. The first-order valence-corrected chi connectivity index (χ1v) is 4.73. The predicted octanol–water partition coefficient (Wildman–Crippen LogP) is 0.256. The monoisotopic (exact) mass is 205 g/mol. The summed E-state index contributed by atoms with van der Waals surface area (Å²) in [6, 6.07) is 8.61. The molecule has 0 aliphatic carbocycles. The Kier molecular flexibility index (Phi) is 2.51. The first-order chi connectivity index (χ1) is 7.18. The highest BCUT2D eigenvalue weighted by molar-refractivity contribution is 5.98. The van der Waals surface area contributed by atoms with Crippen molar-refractivity contribution >= 4 is 11.9 Å². The van der Waals surface area contributed by atoms with Crippen LogP contribution in [0.4, 0.5) is 0 Å². The molecule has 15 heavy (non-hydrogen) atoms. The lowest BCUT2D eigenvalue weighted by Crippen LogP contribution is -2.34. The number of cyclic esters (lactones) is 2. The largest absolute Gasteiger partial charge is 0.392 e. The molecule has 0 bridgehead atoms. The van der Waals surface area contributed by atoms with Crippen LogP contribution in [0.15, 0.2) is 30.3 Å². The Morgan fingerprint density at radius 1 is 1.13 bits per heavy atom. The van der Waals surface area contributed by atoms with Gasteiger partial charge in [-0.2, -0.15) is 0 Å². The average molecular weight is 205 g/mol. The molecule has 0 radical (unpaired) electrons. The minimum atomic E-state index is -0.822. The number of hydrogen-bond donors (Lipinski definition) is 1. The molecule has 1 aliphatic rings. The SMILES string of the molecule is N[C@@H]1C(=O)OC(=O)C1Cc1ccccc1. The summed E-state index contributed by atoms with van der Waals surface area (Å²) in [5, 5.41) is 0. The summed E-state index contributed by atoms with van der Waals surface area (Å²) in [5.41, 5.74) is 6.54. The summed E-state index contributed by atoms with van der Waals surface area (Å²) in [4.78, 5) is 22.3. The maximum atomic E-state index is 11.3. The standard InChI is InChI=1S/C11H11NO3/c12-9-8(10(13)15-11(9)14)6-7-4-2-1-3-5-7/h1-5,8-9H,6,12H2/t8?,9-/m0/s1. The van der Waals surface area contributed by atoms with Crippen molar-refractivity contribution in [3.63, 3.8) is 0 Å². The van der Waals surface area contributed by atoms with Crippen molar-refractivity contribution in [2.75, 3.05) is 0 Å². The molecule has 1 aromatic carbocycles. The van der Waals surface area contributed by atoms with Crippen molar-refractivity contribution in [3.05, 3.63) is 35.9 Å². The third-order valence-corrected chi connectivity index (χ3v) is 2.51. The number of rotatable bonds is 2. The van der Waals surface area contributed by atoms with Crippen LogP contribution in [0.2, 0.25) is 0 Å². The van der Waals surface area contributed by atoms with Gasteiger partial charge in [0.25, 0.3) is 0 Å². The zero-order valence-corrected chi connectivity index (χ0v) is 8.05. The van der Waals surface area contributed by atoms with E-state index in [4.69, 9.17) is 5.73 Å². The average Bonchev–Trinajstić information content (AvgIpc) is 2.47. The van der Waals surface area contributed by atoms with Crippen LogP contribution in [0.3, 0.4) is 0 Å². The van der Waals surface area contributed by atoms with E-state index in [1.165, 1.54) is 0 Å². The highest BCUT2D eigenvalue weighted by Crippen LogP contribution is 2.19. The maximum Gasteiger partial charge on any atom is 0.331 e. The Hall–Kier alpha value is -1.68. The van der Waals surface area contributed by atoms with E-state index in [1.807, 2.05) is 30.3 Å². The molecular formula is C11H11NO3. The quantitative estimate of drug-likeness (QED) is 0.555. The Balaban J connectivity index is 2.13. The second-order valence-corrected chi connectivity index (χ2v) is 3.56. The topological polar surface area (TPSA) is 69.4 Å². The summed E-state index contributed by atoms with van der Waals surface area (Å²) in [7, 11) is 0. The van der Waals surface area contributed by atoms with E-state index in [0.717, 1.165) is 5.56 Å². The zero-order chi connectivity index (χ0) is 10.8. The van der Waals surface area contributed by atoms with Crippen LogP contribution in [0.5, 0.6) is 0 Å². The van der Waals surface area contributed by atoms with Gasteiger partial charge in [-0.05, 0) is 12.0 Å². The van der Waals surface area contributed by atoms with Crippen LogP contribution >= 0.6 is 0 Å². The molecule has 0 saturated carbocycles. The van der Waals surface area contributed by atoms with Gasteiger partial charge in [-0.1, -0.05) is 30.3 Å². The normalized spacial score (nSPS) is 25.4. The number of benzene rings is 1. The highest BCUT2D eigenvalue weighted by Gasteiger charge is 2.41. The van der Waals surface area contributed by atoms with E-state index in [9.17, 15) is 9.59 Å². The van der Waals surface area contributed by atoms with E-state index >= 15 is 0 Å². The van der Waals surface area contributed by atoms with Gasteiger partial charge >= 0.3 is 11.9 Å². The fraction of sp³-hybridized carbons (Fsp3) is 0.273. The van der Waals surface area contributed by atoms with Crippen LogP contribution in [-0.4, -0.2) is 18.0 Å². The van der Waals surface area contributed by atoms with E-state index in [2.05, 4.69) is 4.74 Å².